The summed E-state index contributed by atoms with van der Waals surface area (Å²) in [6, 6.07) is 8.74. The fourth-order valence-electron chi connectivity index (χ4n) is 2.18. The number of phenolic OH excluding ortho intramolecular Hbond substituents is 1. The number of benzene rings is 2. The summed E-state index contributed by atoms with van der Waals surface area (Å²) in [5.41, 5.74) is 2.85. The van der Waals surface area contributed by atoms with Gasteiger partial charge in [0, 0.05) is 30.4 Å². The van der Waals surface area contributed by atoms with Gasteiger partial charge in [0.15, 0.2) is 0 Å². The van der Waals surface area contributed by atoms with E-state index in [1.54, 1.807) is 6.07 Å². The Morgan fingerprint density at radius 1 is 1.09 bits per heavy atom. The fraction of sp³-hybridized carbons (Fsp3) is 0.250. The molecule has 1 N–H and O–H groups in total. The van der Waals surface area contributed by atoms with Crippen LogP contribution >= 0.6 is 27.2 Å². The van der Waals surface area contributed by atoms with Crippen molar-refractivity contribution in [3.05, 3.63) is 47.3 Å². The van der Waals surface area contributed by atoms with Gasteiger partial charge in [0.1, 0.15) is 11.6 Å². The van der Waals surface area contributed by atoms with Gasteiger partial charge < -0.3 is 10.0 Å². The molecule has 0 aromatic heterocycles. The van der Waals surface area contributed by atoms with Crippen molar-refractivity contribution in [3.63, 3.8) is 0 Å². The Bertz CT molecular complexity index is 671. The molecule has 0 amide bonds. The van der Waals surface area contributed by atoms with E-state index < -0.39 is 17.0 Å². The summed E-state index contributed by atoms with van der Waals surface area (Å²) in [4.78, 5) is 1.89. The van der Waals surface area contributed by atoms with Crippen molar-refractivity contribution >= 4 is 43.5 Å². The fourth-order valence-corrected chi connectivity index (χ4v) is 3.68. The molecule has 2 aromatic carbocycles. The Morgan fingerprint density at radius 2 is 1.70 bits per heavy atom. The first-order valence-corrected chi connectivity index (χ1v) is 12.1. The molecule has 0 radical (unpaired) electrons. The average molecular weight is 410 g/mol. The third-order valence-corrected chi connectivity index (χ3v) is 4.50. The minimum absolute atomic E-state index is 0.244. The Labute approximate surface area is 155 Å². The van der Waals surface area contributed by atoms with Crippen molar-refractivity contribution in [1.82, 2.24) is 0 Å². The maximum atomic E-state index is 13.4. The molecule has 23 heavy (non-hydrogen) atoms. The summed E-state index contributed by atoms with van der Waals surface area (Å²) >= 11 is -0.556. The molecular weight excluding hydrogens is 391 g/mol. The number of hydrogen-bond donors (Lipinski definition) is 1. The number of phenols is 1. The first-order chi connectivity index (χ1) is 10.8. The molecule has 0 aliphatic heterocycles. The van der Waals surface area contributed by atoms with Crippen LogP contribution in [0.15, 0.2) is 30.3 Å². The van der Waals surface area contributed by atoms with E-state index in [0.717, 1.165) is 27.4 Å². The van der Waals surface area contributed by atoms with Gasteiger partial charge in [-0.25, -0.2) is 4.39 Å². The Morgan fingerprint density at radius 3 is 2.26 bits per heavy atom. The van der Waals surface area contributed by atoms with Crippen LogP contribution in [0, 0.1) is 19.7 Å². The molecule has 0 aliphatic carbocycles. The second-order valence-corrected chi connectivity index (χ2v) is 9.14. The van der Waals surface area contributed by atoms with Gasteiger partial charge in [-0.05, 0) is 49.2 Å². The second-order valence-electron chi connectivity index (χ2n) is 5.23. The molecule has 0 saturated carbocycles. The topological polar surface area (TPSA) is 23.5 Å². The van der Waals surface area contributed by atoms with E-state index in [-0.39, 0.29) is 5.82 Å². The van der Waals surface area contributed by atoms with Crippen molar-refractivity contribution < 1.29 is 26.5 Å². The van der Waals surface area contributed by atoms with Gasteiger partial charge in [-0.2, -0.15) is 0 Å². The minimum atomic E-state index is -0.556. The number of halogens is 3. The van der Waals surface area contributed by atoms with Gasteiger partial charge in [-0.15, -0.1) is 0 Å². The molecule has 0 heterocycles. The van der Waals surface area contributed by atoms with E-state index in [1.165, 1.54) is 12.1 Å². The summed E-state index contributed by atoms with van der Waals surface area (Å²) in [6.07, 6.45) is 0. The van der Waals surface area contributed by atoms with Crippen LogP contribution < -0.4 is 15.5 Å². The zero-order valence-corrected chi connectivity index (χ0v) is 17.5. The zero-order valence-electron chi connectivity index (χ0n) is 13.4. The molecule has 2 aromatic rings. The standard InChI is InChI=1S/C16H19FNOP.2ClH.Ti/c1-10-7-11(2)16(19)15(8-10)20-14-6-5-12(17)9-13(14)18(3)4;;;/h5-9,19-20H,1-4H3;2*1H;/q;;;+2/p-2. The van der Waals surface area contributed by atoms with Crippen LogP contribution in [0.3, 0.4) is 0 Å². The molecule has 124 valence electrons. The molecule has 2 rings (SSSR count). The van der Waals surface area contributed by atoms with Crippen molar-refractivity contribution in [2.75, 3.05) is 19.0 Å². The van der Waals surface area contributed by atoms with Crippen LogP contribution in [0.25, 0.3) is 0 Å². The molecule has 0 fully saturated rings. The summed E-state index contributed by atoms with van der Waals surface area (Å²) in [5.74, 6) is 0.0925. The second kappa shape index (κ2) is 9.86. The molecule has 1 atom stereocenters. The summed E-state index contributed by atoms with van der Waals surface area (Å²) < 4.78 is 13.4. The van der Waals surface area contributed by atoms with Gasteiger partial charge in [0.25, 0.3) is 0 Å². The Kier molecular flexibility index (Phi) is 8.89. The van der Waals surface area contributed by atoms with Crippen LogP contribution in [0.5, 0.6) is 5.75 Å². The number of hydrogen-bond acceptors (Lipinski definition) is 2. The third-order valence-electron chi connectivity index (χ3n) is 3.16. The van der Waals surface area contributed by atoms with E-state index in [2.05, 4.69) is 0 Å². The van der Waals surface area contributed by atoms with Crippen molar-refractivity contribution in [2.24, 2.45) is 0 Å². The van der Waals surface area contributed by atoms with Gasteiger partial charge >= 0.3 is 35.6 Å². The molecule has 1 unspecified atom stereocenters. The number of nitrogens with zero attached hydrogens (tertiary/aromatic N) is 1. The van der Waals surface area contributed by atoms with Crippen LogP contribution in [-0.4, -0.2) is 19.2 Å². The van der Waals surface area contributed by atoms with E-state index in [4.69, 9.17) is 18.6 Å². The molecule has 2 nitrogen and oxygen atoms in total. The number of anilines is 1. The monoisotopic (exact) mass is 409 g/mol. The molecular formula is C16H19Cl2FNOPTi. The number of aromatic hydroxyl groups is 1. The SMILES string of the molecule is Cc1cc(C)c(O)c(Pc2ccc(F)cc2N(C)C)c1.[Cl][Ti][Cl]. The first kappa shape index (κ1) is 20.7. The van der Waals surface area contributed by atoms with Crippen LogP contribution in [0.4, 0.5) is 10.1 Å². The molecule has 0 aliphatic rings. The van der Waals surface area contributed by atoms with E-state index >= 15 is 0 Å². The molecule has 0 spiro atoms. The van der Waals surface area contributed by atoms with Crippen LogP contribution in [0.2, 0.25) is 0 Å². The quantitative estimate of drug-likeness (QED) is 0.606. The van der Waals surface area contributed by atoms with Crippen molar-refractivity contribution in [1.29, 1.82) is 0 Å². The third kappa shape index (κ3) is 6.25. The first-order valence-electron chi connectivity index (χ1n) is 6.80. The number of aryl methyl sites for hydroxylation is 2. The predicted molar refractivity (Wildman–Crippen MR) is 97.6 cm³/mol. The summed E-state index contributed by atoms with van der Waals surface area (Å²) in [5, 5.41) is 12.1. The Balaban J connectivity index is 0.000000816. The normalized spacial score (nSPS) is 10.4. The summed E-state index contributed by atoms with van der Waals surface area (Å²) in [6.45, 7) is 3.91. The maximum absolute atomic E-state index is 13.4. The van der Waals surface area contributed by atoms with E-state index in [9.17, 15) is 9.50 Å². The van der Waals surface area contributed by atoms with Gasteiger partial charge in [-0.3, -0.25) is 0 Å². The van der Waals surface area contributed by atoms with Gasteiger partial charge in [0.2, 0.25) is 0 Å². The zero-order chi connectivity index (χ0) is 17.6. The molecule has 7 heteroatoms. The van der Waals surface area contributed by atoms with Crippen molar-refractivity contribution in [2.45, 2.75) is 13.8 Å². The van der Waals surface area contributed by atoms with Gasteiger partial charge in [0.05, 0.1) is 0 Å². The van der Waals surface area contributed by atoms with Gasteiger partial charge in [-0.1, -0.05) is 14.6 Å². The molecule has 0 saturated heterocycles. The summed E-state index contributed by atoms with van der Waals surface area (Å²) in [7, 11) is 13.9. The van der Waals surface area contributed by atoms with E-state index in [1.807, 2.05) is 45.0 Å². The van der Waals surface area contributed by atoms with Crippen LogP contribution in [-0.2, 0) is 17.0 Å². The number of rotatable bonds is 3. The Hall–Kier alpha value is -0.306. The van der Waals surface area contributed by atoms with Crippen molar-refractivity contribution in [3.8, 4) is 5.75 Å². The predicted octanol–water partition coefficient (Wildman–Crippen LogP) is 4.22. The average Bonchev–Trinajstić information content (AvgIpc) is 2.46. The van der Waals surface area contributed by atoms with E-state index in [0.29, 0.717) is 14.3 Å². The molecule has 0 bridgehead atoms. The van der Waals surface area contributed by atoms with Crippen LogP contribution in [0.1, 0.15) is 11.1 Å².